The van der Waals surface area contributed by atoms with Gasteiger partial charge in [-0.15, -0.1) is 0 Å². The molecule has 7 aromatic rings. The van der Waals surface area contributed by atoms with E-state index in [9.17, 15) is 19.8 Å². The number of aliphatic hydroxyl groups excluding tert-OH is 1. The fraction of sp³-hybridized carbons (Fsp3) is 0.396. The standard InChI is InChI=1S/C23H34N2O4Si.C20H23N5O2.C10H11N3/c1-23(2)14-19-18(13-20(23)29-15-17-9-7-6-8-10-17)21(22(26)27)24-25(19)16-28-11-12-30(3,4)5;1-20(2)9-16-15(8-17(20)26)18(24-23-16)19(27)22-14-10-21-25(12-14)11-13-6-4-3-5-7-13;11-10-6-12-13(8-10)7-9-4-2-1-3-5-9/h6-10,20H,11-16H2,1-5H3,(H,26,27);3-7,10,12,17,26H,8-9,11H2,1-2H3,(H,22,27)(H,23,24);1-6,8H,7,11H2. The van der Waals surface area contributed by atoms with Gasteiger partial charge in [0.1, 0.15) is 6.73 Å². The number of nitrogens with zero attached hydrogens (tertiary/aromatic N) is 7. The normalized spacial score (nSPS) is 16.7. The van der Waals surface area contributed by atoms with Crippen LogP contribution in [-0.4, -0.2) is 88.5 Å². The number of nitrogen functional groups attached to an aromatic ring is 1. The number of rotatable bonds is 15. The highest BCUT2D eigenvalue weighted by Gasteiger charge is 2.41. The number of anilines is 2. The topological polar surface area (TPSA) is 213 Å². The first-order valence-corrected chi connectivity index (χ1v) is 27.5. The van der Waals surface area contributed by atoms with E-state index < -0.39 is 20.1 Å². The summed E-state index contributed by atoms with van der Waals surface area (Å²) in [5.74, 6) is -1.28. The molecule has 0 spiro atoms. The van der Waals surface area contributed by atoms with Crippen LogP contribution in [-0.2, 0) is 61.6 Å². The number of aromatic nitrogens is 8. The van der Waals surface area contributed by atoms with Gasteiger partial charge in [-0.2, -0.15) is 20.4 Å². The Labute approximate surface area is 411 Å². The van der Waals surface area contributed by atoms with Crippen LogP contribution in [0.3, 0.4) is 0 Å². The Kier molecular flexibility index (Phi) is 16.4. The number of carboxylic acid groups (broad SMARTS) is 1. The van der Waals surface area contributed by atoms with Crippen molar-refractivity contribution in [3.63, 3.8) is 0 Å². The summed E-state index contributed by atoms with van der Waals surface area (Å²) in [5.41, 5.74) is 13.9. The smallest absolute Gasteiger partial charge is 0.356 e. The number of ether oxygens (including phenoxy) is 2. The maximum Gasteiger partial charge on any atom is 0.356 e. The number of carbonyl (C=O) groups is 2. The summed E-state index contributed by atoms with van der Waals surface area (Å²) < 4.78 is 17.5. The van der Waals surface area contributed by atoms with Crippen LogP contribution >= 0.6 is 0 Å². The number of carboxylic acids is 1. The molecule has 2 aliphatic rings. The van der Waals surface area contributed by atoms with Crippen LogP contribution in [0.5, 0.6) is 0 Å². The molecule has 16 nitrogen and oxygen atoms in total. The maximum atomic E-state index is 12.7. The summed E-state index contributed by atoms with van der Waals surface area (Å²) in [6.45, 7) is 18.2. The quantitative estimate of drug-likeness (QED) is 0.0485. The minimum atomic E-state index is -1.17. The monoisotopic (exact) mass is 969 g/mol. The SMILES string of the molecule is CC1(C)Cc2[nH]nc(C(=O)Nc3cnn(Cc4ccccc4)c3)c2CC1O.CC1(C)Cc2c(c(C(=O)O)nn2COCC[Si](C)(C)C)CC1OCc1ccccc1.Nc1cnn(Cc2ccccc2)c1. The van der Waals surface area contributed by atoms with Gasteiger partial charge in [0, 0.05) is 62.4 Å². The van der Waals surface area contributed by atoms with Crippen molar-refractivity contribution in [2.45, 2.75) is 118 Å². The molecule has 3 aromatic carbocycles. The molecule has 370 valence electrons. The molecule has 0 radical (unpaired) electrons. The number of fused-ring (bicyclic) bond motifs is 2. The Morgan fingerprint density at radius 3 is 1.99 bits per heavy atom. The van der Waals surface area contributed by atoms with Crippen molar-refractivity contribution < 1.29 is 29.3 Å². The van der Waals surface area contributed by atoms with Crippen molar-refractivity contribution >= 4 is 31.3 Å². The number of aromatic carboxylic acids is 1. The highest BCUT2D eigenvalue weighted by molar-refractivity contribution is 6.76. The summed E-state index contributed by atoms with van der Waals surface area (Å²) >= 11 is 0. The Morgan fingerprint density at radius 1 is 0.800 bits per heavy atom. The Bertz CT molecular complexity index is 2790. The van der Waals surface area contributed by atoms with E-state index in [1.54, 1.807) is 28.0 Å². The Hall–Kier alpha value is -6.66. The van der Waals surface area contributed by atoms with Gasteiger partial charge in [-0.1, -0.05) is 138 Å². The third kappa shape index (κ3) is 13.8. The number of nitrogens with one attached hydrogen (secondary N) is 2. The van der Waals surface area contributed by atoms with E-state index in [1.165, 1.54) is 5.56 Å². The summed E-state index contributed by atoms with van der Waals surface area (Å²) in [7, 11) is -1.17. The van der Waals surface area contributed by atoms with E-state index in [4.69, 9.17) is 15.2 Å². The number of aromatic amines is 1. The number of nitrogens with two attached hydrogens (primary N) is 1. The lowest BCUT2D eigenvalue weighted by molar-refractivity contribution is -0.0423. The number of amides is 1. The van der Waals surface area contributed by atoms with Crippen LogP contribution in [0.1, 0.15) is 87.9 Å². The minimum Gasteiger partial charge on any atom is -0.476 e. The maximum absolute atomic E-state index is 12.7. The van der Waals surface area contributed by atoms with Crippen molar-refractivity contribution in [3.8, 4) is 0 Å². The molecule has 0 bridgehead atoms. The molecule has 2 aliphatic carbocycles. The Balaban J connectivity index is 0.000000166. The molecule has 17 heteroatoms. The molecule has 4 heterocycles. The molecule has 2 unspecified atom stereocenters. The molecule has 0 saturated heterocycles. The molecule has 4 aromatic heterocycles. The van der Waals surface area contributed by atoms with Gasteiger partial charge in [0.05, 0.1) is 55.7 Å². The van der Waals surface area contributed by atoms with Gasteiger partial charge in [-0.25, -0.2) is 9.48 Å². The van der Waals surface area contributed by atoms with Crippen LogP contribution in [0.4, 0.5) is 11.4 Å². The third-order valence-corrected chi connectivity index (χ3v) is 14.5. The van der Waals surface area contributed by atoms with Crippen LogP contribution in [0, 0.1) is 10.8 Å². The zero-order valence-corrected chi connectivity index (χ0v) is 42.4. The van der Waals surface area contributed by atoms with Crippen LogP contribution in [0.25, 0.3) is 0 Å². The van der Waals surface area contributed by atoms with Gasteiger partial charge in [-0.3, -0.25) is 19.3 Å². The molecule has 6 N–H and O–H groups in total. The minimum absolute atomic E-state index is 0.0752. The molecular formula is C53H68N10O6Si. The first-order chi connectivity index (χ1) is 33.3. The van der Waals surface area contributed by atoms with Gasteiger partial charge in [0.15, 0.2) is 11.4 Å². The van der Waals surface area contributed by atoms with Crippen molar-refractivity contribution in [2.75, 3.05) is 17.7 Å². The highest BCUT2D eigenvalue weighted by atomic mass is 28.3. The molecule has 1 amide bonds. The van der Waals surface area contributed by atoms with Crippen molar-refractivity contribution in [2.24, 2.45) is 10.8 Å². The molecular weight excluding hydrogens is 901 g/mol. The molecule has 0 saturated carbocycles. The van der Waals surface area contributed by atoms with Crippen LogP contribution in [0.15, 0.2) is 116 Å². The van der Waals surface area contributed by atoms with Gasteiger partial charge < -0.3 is 30.7 Å². The van der Waals surface area contributed by atoms with Crippen molar-refractivity contribution in [3.05, 3.63) is 166 Å². The van der Waals surface area contributed by atoms with Gasteiger partial charge >= 0.3 is 5.97 Å². The summed E-state index contributed by atoms with van der Waals surface area (Å²) in [4.78, 5) is 24.5. The number of benzene rings is 3. The summed E-state index contributed by atoms with van der Waals surface area (Å²) in [6.07, 6.45) is 8.67. The average molecular weight is 969 g/mol. The zero-order chi connectivity index (χ0) is 50.1. The largest absolute Gasteiger partial charge is 0.476 e. The predicted molar refractivity (Wildman–Crippen MR) is 273 cm³/mol. The second kappa shape index (κ2) is 22.4. The second-order valence-electron chi connectivity index (χ2n) is 20.8. The van der Waals surface area contributed by atoms with E-state index in [0.29, 0.717) is 69.2 Å². The van der Waals surface area contributed by atoms with E-state index in [2.05, 4.69) is 76.4 Å². The highest BCUT2D eigenvalue weighted by Crippen LogP contribution is 2.39. The molecule has 2 atom stereocenters. The third-order valence-electron chi connectivity index (χ3n) is 12.8. The number of hydrogen-bond donors (Lipinski definition) is 5. The van der Waals surface area contributed by atoms with E-state index >= 15 is 0 Å². The second-order valence-corrected chi connectivity index (χ2v) is 26.4. The van der Waals surface area contributed by atoms with Crippen molar-refractivity contribution in [1.29, 1.82) is 0 Å². The first-order valence-electron chi connectivity index (χ1n) is 23.8. The number of H-pyrrole nitrogens is 1. The fourth-order valence-electron chi connectivity index (χ4n) is 8.53. The van der Waals surface area contributed by atoms with Gasteiger partial charge in [0.25, 0.3) is 5.91 Å². The number of hydrogen-bond acceptors (Lipinski definition) is 10. The van der Waals surface area contributed by atoms with Crippen LogP contribution in [0.2, 0.25) is 25.7 Å². The summed E-state index contributed by atoms with van der Waals surface area (Å²) in [6, 6.07) is 31.3. The molecule has 9 rings (SSSR count). The van der Waals surface area contributed by atoms with E-state index in [-0.39, 0.29) is 28.5 Å². The van der Waals surface area contributed by atoms with E-state index in [1.807, 2.05) is 104 Å². The Morgan fingerprint density at radius 2 is 1.40 bits per heavy atom. The predicted octanol–water partition coefficient (Wildman–Crippen LogP) is 8.51. The molecule has 0 fully saturated rings. The molecule has 70 heavy (non-hydrogen) atoms. The lowest BCUT2D eigenvalue weighted by atomic mass is 9.73. The lowest BCUT2D eigenvalue weighted by Gasteiger charge is -2.38. The lowest BCUT2D eigenvalue weighted by Crippen LogP contribution is -2.40. The average Bonchev–Trinajstić information content (AvgIpc) is 4.12. The summed E-state index contributed by atoms with van der Waals surface area (Å²) in [5, 5.41) is 42.9. The number of carbonyl (C=O) groups excluding carboxylic acids is 1. The van der Waals surface area contributed by atoms with Gasteiger partial charge in [-0.05, 0) is 46.4 Å². The first kappa shape index (κ1) is 51.2. The van der Waals surface area contributed by atoms with Crippen molar-refractivity contribution in [1.82, 2.24) is 39.5 Å². The zero-order valence-electron chi connectivity index (χ0n) is 41.4. The molecule has 0 aliphatic heterocycles. The van der Waals surface area contributed by atoms with Gasteiger partial charge in [0.2, 0.25) is 0 Å². The van der Waals surface area contributed by atoms with E-state index in [0.717, 1.165) is 46.2 Å². The number of aliphatic hydroxyl groups is 1. The van der Waals surface area contributed by atoms with Crippen LogP contribution < -0.4 is 11.1 Å². The fourth-order valence-corrected chi connectivity index (χ4v) is 9.28.